The van der Waals surface area contributed by atoms with E-state index in [0.717, 1.165) is 42.3 Å². The van der Waals surface area contributed by atoms with E-state index in [0.29, 0.717) is 22.6 Å². The van der Waals surface area contributed by atoms with Crippen LogP contribution in [0, 0.1) is 23.7 Å². The molecule has 0 amide bonds. The van der Waals surface area contributed by atoms with E-state index in [4.69, 9.17) is 35.6 Å². The number of halogens is 1. The van der Waals surface area contributed by atoms with Crippen LogP contribution in [0.4, 0.5) is 0 Å². The third-order valence-corrected chi connectivity index (χ3v) is 9.20. The van der Waals surface area contributed by atoms with Crippen molar-refractivity contribution < 1.29 is 24.0 Å². The molecule has 9 nitrogen and oxygen atoms in total. The topological polar surface area (TPSA) is 89.8 Å². The summed E-state index contributed by atoms with van der Waals surface area (Å²) >= 11 is 6.14. The lowest BCUT2D eigenvalue weighted by molar-refractivity contribution is -0.577. The Balaban J connectivity index is 1.12. The Bertz CT molecular complexity index is 1340. The van der Waals surface area contributed by atoms with Crippen molar-refractivity contribution in [2.75, 3.05) is 0 Å². The summed E-state index contributed by atoms with van der Waals surface area (Å²) in [6.45, 7) is 6.70. The molecule has 1 aliphatic carbocycles. The third-order valence-electron chi connectivity index (χ3n) is 8.96. The Morgan fingerprint density at radius 3 is 2.92 bits per heavy atom. The molecule has 8 atom stereocenters. The van der Waals surface area contributed by atoms with Gasteiger partial charge in [-0.05, 0) is 62.3 Å². The van der Waals surface area contributed by atoms with Crippen LogP contribution in [0.15, 0.2) is 36.7 Å². The first-order valence-electron chi connectivity index (χ1n) is 13.1. The highest BCUT2D eigenvalue weighted by molar-refractivity contribution is 6.31. The summed E-state index contributed by atoms with van der Waals surface area (Å²) in [6.07, 6.45) is 6.61. The van der Waals surface area contributed by atoms with Crippen LogP contribution in [0.3, 0.4) is 0 Å². The van der Waals surface area contributed by atoms with Gasteiger partial charge in [-0.25, -0.2) is 14.5 Å². The first-order valence-corrected chi connectivity index (χ1v) is 13.5. The van der Waals surface area contributed by atoms with Crippen molar-refractivity contribution in [2.24, 2.45) is 23.7 Å². The van der Waals surface area contributed by atoms with Gasteiger partial charge >= 0.3 is 0 Å². The van der Waals surface area contributed by atoms with Crippen LogP contribution in [0.2, 0.25) is 5.02 Å². The van der Waals surface area contributed by atoms with Crippen LogP contribution < -0.4 is 0 Å². The van der Waals surface area contributed by atoms with Gasteiger partial charge in [-0.3, -0.25) is 4.98 Å². The van der Waals surface area contributed by atoms with E-state index >= 15 is 0 Å². The van der Waals surface area contributed by atoms with Gasteiger partial charge < -0.3 is 14.2 Å². The summed E-state index contributed by atoms with van der Waals surface area (Å²) < 4.78 is 21.0. The summed E-state index contributed by atoms with van der Waals surface area (Å²) in [5, 5.41) is 10.3. The van der Waals surface area contributed by atoms with Crippen LogP contribution in [0.1, 0.15) is 52.1 Å². The predicted molar refractivity (Wildman–Crippen MR) is 133 cm³/mol. The fraction of sp³-hybridized carbons (Fsp3) is 0.593. The molecule has 6 heterocycles. The van der Waals surface area contributed by atoms with Crippen molar-refractivity contribution in [3.05, 3.63) is 47.4 Å². The molecule has 5 aliphatic rings. The molecule has 8 rings (SSSR count). The Hall–Kier alpha value is -2.14. The minimum atomic E-state index is -0.803. The van der Waals surface area contributed by atoms with E-state index in [9.17, 15) is 0 Å². The van der Waals surface area contributed by atoms with E-state index in [1.165, 1.54) is 0 Å². The Morgan fingerprint density at radius 1 is 1.14 bits per heavy atom. The summed E-state index contributed by atoms with van der Waals surface area (Å²) in [5.41, 5.74) is 1.79. The van der Waals surface area contributed by atoms with Crippen molar-refractivity contribution in [3.63, 3.8) is 0 Å². The number of fused-ring (bicyclic) bond motifs is 3. The summed E-state index contributed by atoms with van der Waals surface area (Å²) in [6, 6.07) is 7.53. The van der Waals surface area contributed by atoms with Crippen LogP contribution in [-0.2, 0) is 30.6 Å². The highest BCUT2D eigenvalue weighted by atomic mass is 35.5. The zero-order valence-corrected chi connectivity index (χ0v) is 21.9. The van der Waals surface area contributed by atoms with Gasteiger partial charge in [0.25, 0.3) is 0 Å². The van der Waals surface area contributed by atoms with Crippen molar-refractivity contribution in [3.8, 4) is 5.69 Å². The number of rotatable bonds is 4. The highest BCUT2D eigenvalue weighted by Gasteiger charge is 2.69. The molecule has 0 N–H and O–H groups in total. The summed E-state index contributed by atoms with van der Waals surface area (Å²) in [4.78, 5) is 16.5. The average molecular weight is 527 g/mol. The van der Waals surface area contributed by atoms with Gasteiger partial charge in [0.15, 0.2) is 18.2 Å². The van der Waals surface area contributed by atoms with Crippen LogP contribution in [-0.4, -0.2) is 43.9 Å². The molecule has 196 valence electrons. The Labute approximate surface area is 220 Å². The number of ether oxygens (including phenoxy) is 3. The molecule has 10 heteroatoms. The van der Waals surface area contributed by atoms with E-state index in [1.54, 1.807) is 10.9 Å². The van der Waals surface area contributed by atoms with Gasteiger partial charge in [0, 0.05) is 34.9 Å². The first kappa shape index (κ1) is 23.9. The molecule has 1 spiro atoms. The monoisotopic (exact) mass is 526 g/mol. The van der Waals surface area contributed by atoms with E-state index in [2.05, 4.69) is 29.1 Å². The maximum absolute atomic E-state index is 6.51. The first-order chi connectivity index (χ1) is 17.9. The summed E-state index contributed by atoms with van der Waals surface area (Å²) in [7, 11) is 0. The van der Waals surface area contributed by atoms with Gasteiger partial charge in [0.2, 0.25) is 5.79 Å². The SMILES string of the molecule is C[C@H]1[C@@H](OCc2cn(-c3ccnc4cc(Cl)ccc34)nn2)O[C@@H]2O[C@@]3(C)CC[C@H]4[C@H](C)CC[C@@H]1[C@@]24OO3. The largest absolute Gasteiger partial charge is 0.346 e. The van der Waals surface area contributed by atoms with E-state index in [1.807, 2.05) is 37.4 Å². The van der Waals surface area contributed by atoms with Crippen LogP contribution in [0.5, 0.6) is 0 Å². The van der Waals surface area contributed by atoms with Gasteiger partial charge in [-0.2, -0.15) is 0 Å². The van der Waals surface area contributed by atoms with Crippen molar-refractivity contribution in [2.45, 2.75) is 77.0 Å². The third kappa shape index (κ3) is 3.74. The fourth-order valence-electron chi connectivity index (χ4n) is 7.02. The van der Waals surface area contributed by atoms with Crippen molar-refractivity contribution in [1.29, 1.82) is 0 Å². The molecule has 1 aromatic carbocycles. The van der Waals surface area contributed by atoms with Crippen LogP contribution in [0.25, 0.3) is 16.6 Å². The molecular weight excluding hydrogens is 496 g/mol. The number of hydrogen-bond acceptors (Lipinski definition) is 8. The van der Waals surface area contributed by atoms with E-state index in [-0.39, 0.29) is 18.4 Å². The van der Waals surface area contributed by atoms with E-state index < -0.39 is 24.0 Å². The minimum absolute atomic E-state index is 0.102. The number of aromatic nitrogens is 4. The molecule has 1 saturated carbocycles. The molecule has 0 radical (unpaired) electrons. The van der Waals surface area contributed by atoms with Crippen LogP contribution >= 0.6 is 11.6 Å². The molecule has 2 aromatic heterocycles. The average Bonchev–Trinajstić information content (AvgIpc) is 3.24. The smallest absolute Gasteiger partial charge is 0.201 e. The highest BCUT2D eigenvalue weighted by Crippen LogP contribution is 2.60. The maximum Gasteiger partial charge on any atom is 0.201 e. The van der Waals surface area contributed by atoms with Crippen molar-refractivity contribution in [1.82, 2.24) is 20.0 Å². The molecule has 3 aromatic rings. The Morgan fingerprint density at radius 2 is 2.03 bits per heavy atom. The van der Waals surface area contributed by atoms with Crippen molar-refractivity contribution >= 4 is 22.5 Å². The number of benzene rings is 1. The van der Waals surface area contributed by atoms with Gasteiger partial charge in [0.1, 0.15) is 5.69 Å². The second kappa shape index (κ2) is 8.69. The minimum Gasteiger partial charge on any atom is -0.346 e. The zero-order chi connectivity index (χ0) is 25.4. The maximum atomic E-state index is 6.51. The van der Waals surface area contributed by atoms with Gasteiger partial charge in [0.05, 0.1) is 24.0 Å². The predicted octanol–water partition coefficient (Wildman–Crippen LogP) is 5.19. The Kier molecular flexibility index (Phi) is 5.62. The molecule has 37 heavy (non-hydrogen) atoms. The second-order valence-corrected chi connectivity index (χ2v) is 11.7. The lowest BCUT2D eigenvalue weighted by atomic mass is 9.58. The number of hydrogen-bond donors (Lipinski definition) is 0. The standard InChI is InChI=1S/C27H31ClN4O5/c1-15-4-7-21-16(2)24(34-25-27(21)20(15)8-10-26(3,35-25)36-37-27)33-14-18-13-32(31-30-18)23-9-11-29-22-12-17(28)5-6-19(22)23/h5-6,9,11-13,15-16,20-21,24-25H,4,7-8,10,14H2,1-3H3/t15-,16-,20+,21+,24+,25-,26-,27-/m1/s1. The summed E-state index contributed by atoms with van der Waals surface area (Å²) in [5.74, 6) is 0.364. The normalized spacial score (nSPS) is 38.9. The molecular formula is C27H31ClN4O5. The molecule has 4 aliphatic heterocycles. The molecule has 0 unspecified atom stereocenters. The number of nitrogens with zero attached hydrogens (tertiary/aromatic N) is 4. The van der Waals surface area contributed by atoms with Gasteiger partial charge in [-0.1, -0.05) is 30.7 Å². The van der Waals surface area contributed by atoms with Gasteiger partial charge in [-0.15, -0.1) is 5.10 Å². The quantitative estimate of drug-likeness (QED) is 0.429. The number of pyridine rings is 1. The molecule has 5 fully saturated rings. The lowest BCUT2D eigenvalue weighted by Gasteiger charge is -2.60. The zero-order valence-electron chi connectivity index (χ0n) is 21.2. The molecule has 2 bridgehead atoms. The molecule has 4 saturated heterocycles. The second-order valence-electron chi connectivity index (χ2n) is 11.2. The fourth-order valence-corrected chi connectivity index (χ4v) is 7.18. The lowest BCUT2D eigenvalue weighted by Crippen LogP contribution is -2.70.